The Morgan fingerprint density at radius 2 is 1.96 bits per heavy atom. The third-order valence-corrected chi connectivity index (χ3v) is 6.13. The third kappa shape index (κ3) is 4.34. The van der Waals surface area contributed by atoms with E-state index in [9.17, 15) is 9.59 Å². The Morgan fingerprint density at radius 3 is 2.61 bits per heavy atom. The highest BCUT2D eigenvalue weighted by Crippen LogP contribution is 2.43. The van der Waals surface area contributed by atoms with Crippen LogP contribution in [0.2, 0.25) is 5.02 Å². The number of carbonyl (C=O) groups excluding carboxylic acids is 2. The number of hydrogen-bond donors (Lipinski definition) is 1. The number of nitrogens with one attached hydrogen (secondary N) is 1. The second-order valence-electron chi connectivity index (χ2n) is 8.20. The summed E-state index contributed by atoms with van der Waals surface area (Å²) < 4.78 is 6.18. The summed E-state index contributed by atoms with van der Waals surface area (Å²) in [5.74, 6) is 0.197. The van der Waals surface area contributed by atoms with Gasteiger partial charge in [-0.15, -0.1) is 0 Å². The molecule has 7 heteroatoms. The van der Waals surface area contributed by atoms with Gasteiger partial charge in [0.1, 0.15) is 11.8 Å². The number of amides is 2. The van der Waals surface area contributed by atoms with Crippen LogP contribution in [-0.4, -0.2) is 67.2 Å². The van der Waals surface area contributed by atoms with E-state index in [1.807, 2.05) is 19.0 Å². The highest BCUT2D eigenvalue weighted by molar-refractivity contribution is 6.33. The normalized spacial score (nSPS) is 27.4. The molecule has 154 valence electrons. The summed E-state index contributed by atoms with van der Waals surface area (Å²) in [6.07, 6.45) is 3.43. The molecular formula is C21H30ClN3O3. The van der Waals surface area contributed by atoms with Crippen molar-refractivity contribution < 1.29 is 14.3 Å². The van der Waals surface area contributed by atoms with Crippen LogP contribution >= 0.6 is 11.6 Å². The van der Waals surface area contributed by atoms with Crippen LogP contribution < -0.4 is 5.32 Å². The van der Waals surface area contributed by atoms with E-state index >= 15 is 0 Å². The van der Waals surface area contributed by atoms with Gasteiger partial charge < -0.3 is 15.0 Å². The predicted octanol–water partition coefficient (Wildman–Crippen LogP) is 2.77. The predicted molar refractivity (Wildman–Crippen MR) is 109 cm³/mol. The molecule has 2 aliphatic rings. The van der Waals surface area contributed by atoms with Crippen molar-refractivity contribution in [2.75, 3.05) is 33.8 Å². The Kier molecular flexibility index (Phi) is 6.63. The van der Waals surface area contributed by atoms with Crippen molar-refractivity contribution in [2.24, 2.45) is 5.92 Å². The molecular weight excluding hydrogens is 378 g/mol. The Balaban J connectivity index is 1.86. The maximum atomic E-state index is 13.5. The second kappa shape index (κ2) is 8.80. The number of halogens is 1. The molecule has 1 aliphatic heterocycles. The van der Waals surface area contributed by atoms with Crippen molar-refractivity contribution in [3.8, 4) is 0 Å². The fraction of sp³-hybridized carbons (Fsp3) is 0.619. The first kappa shape index (κ1) is 21.1. The van der Waals surface area contributed by atoms with Crippen molar-refractivity contribution in [3.05, 3.63) is 34.9 Å². The zero-order chi connectivity index (χ0) is 20.3. The Morgan fingerprint density at radius 1 is 1.29 bits per heavy atom. The van der Waals surface area contributed by atoms with Gasteiger partial charge in [-0.3, -0.25) is 14.5 Å². The van der Waals surface area contributed by atoms with Gasteiger partial charge in [0.25, 0.3) is 5.91 Å². The van der Waals surface area contributed by atoms with E-state index in [1.165, 1.54) is 0 Å². The zero-order valence-electron chi connectivity index (χ0n) is 16.9. The van der Waals surface area contributed by atoms with Crippen LogP contribution in [-0.2, 0) is 9.53 Å². The molecule has 1 saturated carbocycles. The van der Waals surface area contributed by atoms with E-state index in [0.29, 0.717) is 23.0 Å². The van der Waals surface area contributed by atoms with E-state index in [1.54, 1.807) is 29.2 Å². The van der Waals surface area contributed by atoms with Gasteiger partial charge >= 0.3 is 0 Å². The van der Waals surface area contributed by atoms with E-state index in [2.05, 4.69) is 12.2 Å². The highest BCUT2D eigenvalue weighted by Gasteiger charge is 2.53. The number of likely N-dealkylation sites (N-methyl/N-ethyl adjacent to an activating group) is 1. The average molecular weight is 408 g/mol. The first-order chi connectivity index (χ1) is 13.3. The van der Waals surface area contributed by atoms with Crippen molar-refractivity contribution in [1.82, 2.24) is 15.1 Å². The van der Waals surface area contributed by atoms with Gasteiger partial charge in [-0.05, 0) is 57.8 Å². The lowest BCUT2D eigenvalue weighted by atomic mass is 9.83. The molecule has 1 aromatic carbocycles. The third-order valence-electron chi connectivity index (χ3n) is 5.80. The van der Waals surface area contributed by atoms with Crippen molar-refractivity contribution >= 4 is 23.4 Å². The van der Waals surface area contributed by atoms with Gasteiger partial charge in [-0.25, -0.2) is 0 Å². The van der Waals surface area contributed by atoms with Crippen molar-refractivity contribution in [2.45, 2.75) is 44.4 Å². The van der Waals surface area contributed by atoms with E-state index in [-0.39, 0.29) is 18.4 Å². The number of rotatable bonds is 5. The average Bonchev–Trinajstić information content (AvgIpc) is 3.03. The van der Waals surface area contributed by atoms with Crippen LogP contribution in [0.1, 0.15) is 43.0 Å². The van der Waals surface area contributed by atoms with Crippen molar-refractivity contribution in [3.63, 3.8) is 0 Å². The van der Waals surface area contributed by atoms with Crippen LogP contribution in [0.4, 0.5) is 0 Å². The zero-order valence-corrected chi connectivity index (χ0v) is 17.7. The van der Waals surface area contributed by atoms with Crippen LogP contribution in [0.15, 0.2) is 24.3 Å². The SMILES string of the molecule is CC1CCC2(CC1)OC[C@@H](C(=O)NCCN(C)C)N2C(=O)c1ccccc1Cl. The molecule has 1 atom stereocenters. The largest absolute Gasteiger partial charge is 0.353 e. The number of hydrogen-bond acceptors (Lipinski definition) is 4. The standard InChI is InChI=1S/C21H30ClN3O3/c1-15-8-10-21(11-9-15)25(20(27)16-6-4-5-7-17(16)22)18(14-28-21)19(26)23-12-13-24(2)3/h4-7,15,18H,8-14H2,1-3H3,(H,23,26)/t15?,18-,21?/m0/s1. The number of benzene rings is 1. The fourth-order valence-electron chi connectivity index (χ4n) is 4.07. The molecule has 2 amide bonds. The minimum atomic E-state index is -0.716. The number of ether oxygens (including phenoxy) is 1. The monoisotopic (exact) mass is 407 g/mol. The Labute approximate surface area is 172 Å². The summed E-state index contributed by atoms with van der Waals surface area (Å²) in [4.78, 5) is 30.1. The number of carbonyl (C=O) groups is 2. The summed E-state index contributed by atoms with van der Waals surface area (Å²) in [5, 5.41) is 3.34. The summed E-state index contributed by atoms with van der Waals surface area (Å²) >= 11 is 6.30. The van der Waals surface area contributed by atoms with Crippen LogP contribution in [0.3, 0.4) is 0 Å². The molecule has 0 bridgehead atoms. The van der Waals surface area contributed by atoms with Gasteiger partial charge in [0, 0.05) is 13.1 Å². The topological polar surface area (TPSA) is 61.9 Å². The molecule has 1 aromatic rings. The van der Waals surface area contributed by atoms with E-state index in [4.69, 9.17) is 16.3 Å². The van der Waals surface area contributed by atoms with Crippen molar-refractivity contribution in [1.29, 1.82) is 0 Å². The lowest BCUT2D eigenvalue weighted by Gasteiger charge is -2.43. The molecule has 6 nitrogen and oxygen atoms in total. The molecule has 2 fully saturated rings. The van der Waals surface area contributed by atoms with Gasteiger partial charge in [-0.2, -0.15) is 0 Å². The van der Waals surface area contributed by atoms with Crippen LogP contribution in [0.25, 0.3) is 0 Å². The summed E-state index contributed by atoms with van der Waals surface area (Å²) in [6, 6.07) is 6.36. The lowest BCUT2D eigenvalue weighted by Crippen LogP contribution is -2.57. The van der Waals surface area contributed by atoms with Crippen LogP contribution in [0.5, 0.6) is 0 Å². The van der Waals surface area contributed by atoms with Gasteiger partial charge in [-0.1, -0.05) is 30.7 Å². The number of nitrogens with zero attached hydrogens (tertiary/aromatic N) is 2. The lowest BCUT2D eigenvalue weighted by molar-refractivity contribution is -0.127. The summed E-state index contributed by atoms with van der Waals surface area (Å²) in [6.45, 7) is 3.70. The molecule has 0 aromatic heterocycles. The molecule has 28 heavy (non-hydrogen) atoms. The maximum Gasteiger partial charge on any atom is 0.258 e. The summed E-state index contributed by atoms with van der Waals surface area (Å²) in [7, 11) is 3.91. The molecule has 0 unspecified atom stereocenters. The second-order valence-corrected chi connectivity index (χ2v) is 8.61. The maximum absolute atomic E-state index is 13.5. The molecule has 1 heterocycles. The molecule has 1 aliphatic carbocycles. The van der Waals surface area contributed by atoms with Gasteiger partial charge in [0.05, 0.1) is 17.2 Å². The molecule has 1 saturated heterocycles. The quantitative estimate of drug-likeness (QED) is 0.815. The minimum Gasteiger partial charge on any atom is -0.353 e. The highest BCUT2D eigenvalue weighted by atomic mass is 35.5. The van der Waals surface area contributed by atoms with E-state index < -0.39 is 11.8 Å². The van der Waals surface area contributed by atoms with Gasteiger partial charge in [0.15, 0.2) is 0 Å². The Bertz CT molecular complexity index is 717. The van der Waals surface area contributed by atoms with Gasteiger partial charge in [0.2, 0.25) is 5.91 Å². The molecule has 0 radical (unpaired) electrons. The fourth-order valence-corrected chi connectivity index (χ4v) is 4.28. The smallest absolute Gasteiger partial charge is 0.258 e. The van der Waals surface area contributed by atoms with E-state index in [0.717, 1.165) is 32.2 Å². The summed E-state index contributed by atoms with van der Waals surface area (Å²) in [5.41, 5.74) is -0.300. The molecule has 1 N–H and O–H groups in total. The molecule has 1 spiro atoms. The molecule has 3 rings (SSSR count). The minimum absolute atomic E-state index is 0.169. The van der Waals surface area contributed by atoms with Crippen LogP contribution in [0, 0.1) is 5.92 Å². The Hall–Kier alpha value is -1.63. The first-order valence-electron chi connectivity index (χ1n) is 9.98. The first-order valence-corrected chi connectivity index (χ1v) is 10.4.